The van der Waals surface area contributed by atoms with Gasteiger partial charge in [0.2, 0.25) is 0 Å². The number of aromatic amines is 1. The highest BCUT2D eigenvalue weighted by molar-refractivity contribution is 5.33. The minimum Gasteiger partial charge on any atom is -0.495 e. The quantitative estimate of drug-likeness (QED) is 0.699. The van der Waals surface area contributed by atoms with Crippen LogP contribution in [-0.2, 0) is 0 Å². The van der Waals surface area contributed by atoms with Gasteiger partial charge in [0.25, 0.3) is 0 Å². The molecule has 0 spiro atoms. The van der Waals surface area contributed by atoms with Crippen LogP contribution >= 0.6 is 0 Å². The molecule has 1 aromatic heterocycles. The van der Waals surface area contributed by atoms with Crippen molar-refractivity contribution >= 4 is 0 Å². The molecule has 0 radical (unpaired) electrons. The first-order chi connectivity index (χ1) is 5.79. The maximum absolute atomic E-state index is 8.42. The first-order valence-electron chi connectivity index (χ1n) is 3.62. The van der Waals surface area contributed by atoms with Crippen molar-refractivity contribution in [3.63, 3.8) is 0 Å². The van der Waals surface area contributed by atoms with Crippen LogP contribution in [0.15, 0.2) is 12.4 Å². The molecule has 4 heteroatoms. The van der Waals surface area contributed by atoms with Gasteiger partial charge in [-0.05, 0) is 0 Å². The zero-order valence-electron chi connectivity index (χ0n) is 6.87. The second-order valence-electron chi connectivity index (χ2n) is 2.45. The first-order valence-corrected chi connectivity index (χ1v) is 3.62. The van der Waals surface area contributed by atoms with Crippen LogP contribution in [0.25, 0.3) is 0 Å². The van der Waals surface area contributed by atoms with Gasteiger partial charge in [-0.2, -0.15) is 5.26 Å². The monoisotopic (exact) mass is 165 g/mol. The number of ether oxygens (including phenoxy) is 1. The summed E-state index contributed by atoms with van der Waals surface area (Å²) in [6, 6.07) is 1.75. The Morgan fingerprint density at radius 2 is 2.50 bits per heavy atom. The third kappa shape index (κ3) is 1.57. The highest BCUT2D eigenvalue weighted by atomic mass is 16.5. The molecule has 4 nitrogen and oxygen atoms in total. The van der Waals surface area contributed by atoms with Crippen molar-refractivity contribution < 1.29 is 4.74 Å². The van der Waals surface area contributed by atoms with E-state index in [0.29, 0.717) is 12.2 Å². The first kappa shape index (κ1) is 8.62. The fourth-order valence-corrected chi connectivity index (χ4v) is 1.04. The van der Waals surface area contributed by atoms with Gasteiger partial charge in [-0.1, -0.05) is 0 Å². The molecule has 0 aliphatic rings. The summed E-state index contributed by atoms with van der Waals surface area (Å²) in [7, 11) is 1.58. The van der Waals surface area contributed by atoms with Crippen molar-refractivity contribution in [3.05, 3.63) is 18.0 Å². The van der Waals surface area contributed by atoms with Crippen molar-refractivity contribution in [1.29, 1.82) is 5.26 Å². The van der Waals surface area contributed by atoms with Crippen LogP contribution in [0.2, 0.25) is 0 Å². The Balaban J connectivity index is 2.80. The van der Waals surface area contributed by atoms with Crippen LogP contribution < -0.4 is 10.5 Å². The molecule has 1 unspecified atom stereocenters. The lowest BCUT2D eigenvalue weighted by atomic mass is 10.1. The van der Waals surface area contributed by atoms with E-state index in [2.05, 4.69) is 4.98 Å². The summed E-state index contributed by atoms with van der Waals surface area (Å²) in [5, 5.41) is 8.42. The van der Waals surface area contributed by atoms with Gasteiger partial charge in [-0.3, -0.25) is 0 Å². The average molecular weight is 165 g/mol. The highest BCUT2D eigenvalue weighted by Gasteiger charge is 2.11. The highest BCUT2D eigenvalue weighted by Crippen LogP contribution is 2.24. The van der Waals surface area contributed by atoms with E-state index in [1.165, 1.54) is 0 Å². The van der Waals surface area contributed by atoms with Gasteiger partial charge in [-0.25, -0.2) is 0 Å². The summed E-state index contributed by atoms with van der Waals surface area (Å²) < 4.78 is 5.03. The minimum atomic E-state index is -0.267. The Kier molecular flexibility index (Phi) is 2.72. The molecule has 1 heterocycles. The molecule has 12 heavy (non-hydrogen) atoms. The lowest BCUT2D eigenvalue weighted by Gasteiger charge is -2.06. The molecule has 0 bridgehead atoms. The number of hydrogen-bond donors (Lipinski definition) is 2. The number of nitrogens with zero attached hydrogens (tertiary/aromatic N) is 1. The third-order valence-corrected chi connectivity index (χ3v) is 1.67. The lowest BCUT2D eigenvalue weighted by molar-refractivity contribution is 0.407. The maximum atomic E-state index is 8.42. The van der Waals surface area contributed by atoms with Crippen molar-refractivity contribution in [1.82, 2.24) is 4.98 Å². The molecule has 0 amide bonds. The van der Waals surface area contributed by atoms with E-state index in [-0.39, 0.29) is 6.04 Å². The molecular formula is C8H11N3O. The van der Waals surface area contributed by atoms with Crippen LogP contribution in [0, 0.1) is 11.3 Å². The smallest absolute Gasteiger partial charge is 0.141 e. The third-order valence-electron chi connectivity index (χ3n) is 1.67. The molecule has 64 valence electrons. The second kappa shape index (κ2) is 3.79. The van der Waals surface area contributed by atoms with Gasteiger partial charge in [-0.15, -0.1) is 0 Å². The molecule has 0 fully saturated rings. The zero-order valence-corrected chi connectivity index (χ0v) is 6.87. The van der Waals surface area contributed by atoms with E-state index in [1.54, 1.807) is 19.5 Å². The molecule has 0 aliphatic heterocycles. The van der Waals surface area contributed by atoms with Gasteiger partial charge < -0.3 is 15.5 Å². The number of rotatable bonds is 3. The van der Waals surface area contributed by atoms with Crippen LogP contribution in [0.3, 0.4) is 0 Å². The van der Waals surface area contributed by atoms with Gasteiger partial charge in [0.15, 0.2) is 0 Å². The Morgan fingerprint density at radius 3 is 3.08 bits per heavy atom. The summed E-state index contributed by atoms with van der Waals surface area (Å²) in [6.07, 6.45) is 3.77. The summed E-state index contributed by atoms with van der Waals surface area (Å²) in [6.45, 7) is 0. The maximum Gasteiger partial charge on any atom is 0.141 e. The molecular weight excluding hydrogens is 154 g/mol. The SMILES string of the molecule is COc1c[nH]cc1C(N)CC#N. The molecule has 0 aliphatic carbocycles. The van der Waals surface area contributed by atoms with E-state index < -0.39 is 0 Å². The Morgan fingerprint density at radius 1 is 1.75 bits per heavy atom. The predicted molar refractivity (Wildman–Crippen MR) is 44.5 cm³/mol. The zero-order chi connectivity index (χ0) is 8.97. The topological polar surface area (TPSA) is 74.8 Å². The standard InChI is InChI=1S/C8H11N3O/c1-12-8-5-11-4-6(8)7(10)2-3-9/h4-5,7,11H,2,10H2,1H3. The number of methoxy groups -OCH3 is 1. The number of nitrogens with two attached hydrogens (primary N) is 1. The van der Waals surface area contributed by atoms with E-state index >= 15 is 0 Å². The van der Waals surface area contributed by atoms with Crippen LogP contribution in [0.1, 0.15) is 18.0 Å². The summed E-state index contributed by atoms with van der Waals surface area (Å²) >= 11 is 0. The molecule has 0 saturated heterocycles. The molecule has 0 aromatic carbocycles. The van der Waals surface area contributed by atoms with E-state index in [0.717, 1.165) is 5.56 Å². The Bertz CT molecular complexity index is 287. The van der Waals surface area contributed by atoms with E-state index in [4.69, 9.17) is 15.7 Å². The van der Waals surface area contributed by atoms with Gasteiger partial charge in [0, 0.05) is 24.0 Å². The van der Waals surface area contributed by atoms with Crippen molar-refractivity contribution in [2.45, 2.75) is 12.5 Å². The number of nitriles is 1. The van der Waals surface area contributed by atoms with Crippen LogP contribution in [0.4, 0.5) is 0 Å². The molecule has 1 atom stereocenters. The van der Waals surface area contributed by atoms with Crippen LogP contribution in [-0.4, -0.2) is 12.1 Å². The largest absolute Gasteiger partial charge is 0.495 e. The molecule has 0 saturated carbocycles. The molecule has 1 rings (SSSR count). The van der Waals surface area contributed by atoms with Crippen LogP contribution in [0.5, 0.6) is 5.75 Å². The lowest BCUT2D eigenvalue weighted by Crippen LogP contribution is -2.09. The summed E-state index contributed by atoms with van der Waals surface area (Å²) in [5.41, 5.74) is 6.55. The van der Waals surface area contributed by atoms with Crippen molar-refractivity contribution in [2.75, 3.05) is 7.11 Å². The summed E-state index contributed by atoms with van der Waals surface area (Å²) in [5.74, 6) is 0.706. The number of nitrogens with one attached hydrogen (secondary N) is 1. The van der Waals surface area contributed by atoms with E-state index in [9.17, 15) is 0 Å². The number of aromatic nitrogens is 1. The summed E-state index contributed by atoms with van der Waals surface area (Å²) in [4.78, 5) is 2.87. The average Bonchev–Trinajstić information content (AvgIpc) is 2.51. The molecule has 3 N–H and O–H groups in total. The normalized spacial score (nSPS) is 12.1. The Labute approximate surface area is 70.9 Å². The van der Waals surface area contributed by atoms with Gasteiger partial charge in [0.05, 0.1) is 19.6 Å². The minimum absolute atomic E-state index is 0.267. The van der Waals surface area contributed by atoms with E-state index in [1.807, 2.05) is 6.07 Å². The number of H-pyrrole nitrogens is 1. The van der Waals surface area contributed by atoms with Crippen molar-refractivity contribution in [2.24, 2.45) is 5.73 Å². The van der Waals surface area contributed by atoms with Gasteiger partial charge >= 0.3 is 0 Å². The fraction of sp³-hybridized carbons (Fsp3) is 0.375. The van der Waals surface area contributed by atoms with Gasteiger partial charge in [0.1, 0.15) is 5.75 Å². The number of hydrogen-bond acceptors (Lipinski definition) is 3. The van der Waals surface area contributed by atoms with Crippen molar-refractivity contribution in [3.8, 4) is 11.8 Å². The second-order valence-corrected chi connectivity index (χ2v) is 2.45. The predicted octanol–water partition coefficient (Wildman–Crippen LogP) is 0.937. The fourth-order valence-electron chi connectivity index (χ4n) is 1.04. The Hall–Kier alpha value is -1.47. The molecule has 1 aromatic rings.